The van der Waals surface area contributed by atoms with Crippen LogP contribution in [-0.2, 0) is 11.3 Å². The molecule has 2 aromatic carbocycles. The average Bonchev–Trinajstić information content (AvgIpc) is 3.30. The van der Waals surface area contributed by atoms with Crippen LogP contribution in [0.3, 0.4) is 0 Å². The summed E-state index contributed by atoms with van der Waals surface area (Å²) in [6, 6.07) is 14.7. The van der Waals surface area contributed by atoms with E-state index < -0.39 is 5.97 Å². The number of aromatic nitrogens is 4. The Balaban J connectivity index is 1.48. The summed E-state index contributed by atoms with van der Waals surface area (Å²) in [4.78, 5) is 29.7. The maximum absolute atomic E-state index is 11.2. The first kappa shape index (κ1) is 23.7. The minimum absolute atomic E-state index is 0.233. The van der Waals surface area contributed by atoms with Gasteiger partial charge in [-0.2, -0.15) is 4.98 Å². The van der Waals surface area contributed by atoms with Crippen molar-refractivity contribution in [3.8, 4) is 11.3 Å². The molecule has 10 heteroatoms. The largest absolute Gasteiger partial charge is 0.478 e. The molecule has 1 aliphatic heterocycles. The van der Waals surface area contributed by atoms with E-state index in [2.05, 4.69) is 57.0 Å². The van der Waals surface area contributed by atoms with Crippen LogP contribution in [-0.4, -0.2) is 82.4 Å². The Labute approximate surface area is 209 Å². The summed E-state index contributed by atoms with van der Waals surface area (Å²) in [5.41, 5.74) is 4.70. The molecule has 0 unspecified atom stereocenters. The number of aromatic carboxylic acids is 1. The van der Waals surface area contributed by atoms with Crippen LogP contribution in [0.4, 0.5) is 17.5 Å². The topological polar surface area (TPSA) is 109 Å². The number of benzene rings is 2. The number of ether oxygens (including phenoxy) is 1. The summed E-state index contributed by atoms with van der Waals surface area (Å²) >= 11 is 0. The van der Waals surface area contributed by atoms with Crippen LogP contribution in [0, 0.1) is 0 Å². The Kier molecular flexibility index (Phi) is 6.79. The second-order valence-corrected chi connectivity index (χ2v) is 8.99. The Morgan fingerprint density at radius 2 is 1.86 bits per heavy atom. The minimum Gasteiger partial charge on any atom is -0.478 e. The van der Waals surface area contributed by atoms with Crippen LogP contribution in [0.15, 0.2) is 54.9 Å². The molecular weight excluding hydrogens is 458 g/mol. The predicted octanol–water partition coefficient (Wildman–Crippen LogP) is 3.33. The zero-order valence-corrected chi connectivity index (χ0v) is 20.4. The monoisotopic (exact) mass is 487 g/mol. The molecule has 1 saturated heterocycles. The number of carboxylic acids is 1. The molecule has 0 saturated carbocycles. The summed E-state index contributed by atoms with van der Waals surface area (Å²) in [6.45, 7) is 4.49. The maximum Gasteiger partial charge on any atom is 0.335 e. The second kappa shape index (κ2) is 10.3. The van der Waals surface area contributed by atoms with Gasteiger partial charge >= 0.3 is 5.97 Å². The SMILES string of the molecule is CN(C)CCn1cnc2cc(-c3cc(Nc4ccc(C(=O)O)cc4)nc(N4CCOCC4)n3)ccc21. The van der Waals surface area contributed by atoms with Gasteiger partial charge in [-0.05, 0) is 50.5 Å². The Hall–Kier alpha value is -4.02. The van der Waals surface area contributed by atoms with Crippen molar-refractivity contribution in [3.05, 3.63) is 60.4 Å². The molecule has 3 heterocycles. The average molecular weight is 488 g/mol. The van der Waals surface area contributed by atoms with Gasteiger partial charge < -0.3 is 29.5 Å². The zero-order chi connectivity index (χ0) is 25.1. The Morgan fingerprint density at radius 3 is 2.58 bits per heavy atom. The summed E-state index contributed by atoms with van der Waals surface area (Å²) in [5, 5.41) is 12.5. The van der Waals surface area contributed by atoms with Gasteiger partial charge in [0.25, 0.3) is 0 Å². The van der Waals surface area contributed by atoms with Crippen molar-refractivity contribution in [1.29, 1.82) is 0 Å². The fourth-order valence-electron chi connectivity index (χ4n) is 4.10. The smallest absolute Gasteiger partial charge is 0.335 e. The summed E-state index contributed by atoms with van der Waals surface area (Å²) in [6.07, 6.45) is 1.88. The third kappa shape index (κ3) is 5.29. The number of hydrogen-bond acceptors (Lipinski definition) is 8. The van der Waals surface area contributed by atoms with Crippen molar-refractivity contribution >= 4 is 34.5 Å². The number of nitrogens with one attached hydrogen (secondary N) is 1. The van der Waals surface area contributed by atoms with E-state index in [1.165, 1.54) is 0 Å². The Morgan fingerprint density at radius 1 is 1.08 bits per heavy atom. The van der Waals surface area contributed by atoms with Crippen LogP contribution in [0.2, 0.25) is 0 Å². The highest BCUT2D eigenvalue weighted by Gasteiger charge is 2.17. The van der Waals surface area contributed by atoms with E-state index in [4.69, 9.17) is 14.7 Å². The molecule has 4 aromatic rings. The van der Waals surface area contributed by atoms with Gasteiger partial charge in [-0.1, -0.05) is 6.07 Å². The molecule has 0 radical (unpaired) electrons. The van der Waals surface area contributed by atoms with E-state index in [0.717, 1.165) is 41.1 Å². The standard InChI is InChI=1S/C26H29N7O3/c1-31(2)9-10-33-17-27-22-15-19(5-8-23(22)33)21-16-24(28-20-6-3-18(4-7-20)25(34)35)30-26(29-21)32-11-13-36-14-12-32/h3-8,15-17H,9-14H2,1-2H3,(H,34,35)(H,28,29,30). The third-order valence-electron chi connectivity index (χ3n) is 6.12. The lowest BCUT2D eigenvalue weighted by Crippen LogP contribution is -2.37. The molecule has 10 nitrogen and oxygen atoms in total. The van der Waals surface area contributed by atoms with Gasteiger partial charge in [-0.25, -0.2) is 14.8 Å². The van der Waals surface area contributed by atoms with Crippen LogP contribution in [0.5, 0.6) is 0 Å². The van der Waals surface area contributed by atoms with Crippen LogP contribution < -0.4 is 10.2 Å². The number of imidazole rings is 1. The van der Waals surface area contributed by atoms with Gasteiger partial charge in [0.15, 0.2) is 0 Å². The van der Waals surface area contributed by atoms with Gasteiger partial charge in [0, 0.05) is 43.5 Å². The third-order valence-corrected chi connectivity index (χ3v) is 6.12. The van der Waals surface area contributed by atoms with Crippen LogP contribution in [0.1, 0.15) is 10.4 Å². The second-order valence-electron chi connectivity index (χ2n) is 8.99. The van der Waals surface area contributed by atoms with Gasteiger partial charge in [0.2, 0.25) is 5.95 Å². The van der Waals surface area contributed by atoms with Gasteiger partial charge in [0.05, 0.1) is 41.8 Å². The van der Waals surface area contributed by atoms with Crippen LogP contribution in [0.25, 0.3) is 22.3 Å². The lowest BCUT2D eigenvalue weighted by molar-refractivity contribution is 0.0697. The number of likely N-dealkylation sites (N-methyl/N-ethyl adjacent to an activating group) is 1. The van der Waals surface area contributed by atoms with Gasteiger partial charge in [0.1, 0.15) is 5.82 Å². The van der Waals surface area contributed by atoms with Crippen molar-refractivity contribution in [1.82, 2.24) is 24.4 Å². The highest BCUT2D eigenvalue weighted by atomic mass is 16.5. The fraction of sp³-hybridized carbons (Fsp3) is 0.308. The molecule has 0 aliphatic carbocycles. The van der Waals surface area contributed by atoms with Crippen molar-refractivity contribution in [2.45, 2.75) is 6.54 Å². The maximum atomic E-state index is 11.2. The normalized spacial score (nSPS) is 13.9. The summed E-state index contributed by atoms with van der Waals surface area (Å²) in [7, 11) is 4.12. The van der Waals surface area contributed by atoms with E-state index in [1.807, 2.05) is 12.4 Å². The molecule has 2 N–H and O–H groups in total. The molecule has 186 valence electrons. The summed E-state index contributed by atoms with van der Waals surface area (Å²) in [5.74, 6) is 0.290. The van der Waals surface area contributed by atoms with Crippen molar-refractivity contribution in [3.63, 3.8) is 0 Å². The molecule has 0 spiro atoms. The van der Waals surface area contributed by atoms with Gasteiger partial charge in [-0.3, -0.25) is 0 Å². The highest BCUT2D eigenvalue weighted by molar-refractivity contribution is 5.88. The number of anilines is 3. The van der Waals surface area contributed by atoms with E-state index in [9.17, 15) is 9.90 Å². The van der Waals surface area contributed by atoms with Crippen molar-refractivity contribution in [2.24, 2.45) is 0 Å². The number of morpholine rings is 1. The van der Waals surface area contributed by atoms with Gasteiger partial charge in [-0.15, -0.1) is 0 Å². The zero-order valence-electron chi connectivity index (χ0n) is 20.4. The highest BCUT2D eigenvalue weighted by Crippen LogP contribution is 2.28. The number of carbonyl (C=O) groups is 1. The predicted molar refractivity (Wildman–Crippen MR) is 139 cm³/mol. The first-order valence-corrected chi connectivity index (χ1v) is 11.9. The van der Waals surface area contributed by atoms with E-state index >= 15 is 0 Å². The van der Waals surface area contributed by atoms with E-state index in [1.54, 1.807) is 24.3 Å². The van der Waals surface area contributed by atoms with Crippen molar-refractivity contribution < 1.29 is 14.6 Å². The molecule has 0 atom stereocenters. The summed E-state index contributed by atoms with van der Waals surface area (Å²) < 4.78 is 7.66. The molecule has 1 fully saturated rings. The van der Waals surface area contributed by atoms with Crippen LogP contribution >= 0.6 is 0 Å². The first-order valence-electron chi connectivity index (χ1n) is 11.9. The molecule has 5 rings (SSSR count). The molecule has 2 aromatic heterocycles. The molecule has 36 heavy (non-hydrogen) atoms. The van der Waals surface area contributed by atoms with E-state index in [0.29, 0.717) is 38.1 Å². The molecule has 0 bridgehead atoms. The Bertz CT molecular complexity index is 1360. The number of rotatable bonds is 8. The first-order chi connectivity index (χ1) is 17.5. The lowest BCUT2D eigenvalue weighted by Gasteiger charge is -2.27. The van der Waals surface area contributed by atoms with Crippen molar-refractivity contribution in [2.75, 3.05) is 57.2 Å². The number of fused-ring (bicyclic) bond motifs is 1. The lowest BCUT2D eigenvalue weighted by atomic mass is 10.1. The molecule has 1 aliphatic rings. The molecular formula is C26H29N7O3. The molecule has 0 amide bonds. The fourth-order valence-corrected chi connectivity index (χ4v) is 4.10. The number of hydrogen-bond donors (Lipinski definition) is 2. The quantitative estimate of drug-likeness (QED) is 0.387. The van der Waals surface area contributed by atoms with E-state index in [-0.39, 0.29) is 5.56 Å². The minimum atomic E-state index is -0.958. The number of carboxylic acid groups (broad SMARTS) is 1. The number of nitrogens with zero attached hydrogens (tertiary/aromatic N) is 6.